The zero-order chi connectivity index (χ0) is 15.5. The van der Waals surface area contributed by atoms with Crippen LogP contribution in [0.3, 0.4) is 0 Å². The first kappa shape index (κ1) is 15.7. The molecule has 6 heteroatoms. The van der Waals surface area contributed by atoms with Gasteiger partial charge in [0, 0.05) is 23.7 Å². The molecule has 0 aliphatic heterocycles. The van der Waals surface area contributed by atoms with E-state index >= 15 is 0 Å². The van der Waals surface area contributed by atoms with Crippen LogP contribution >= 0.6 is 11.3 Å². The summed E-state index contributed by atoms with van der Waals surface area (Å²) in [5, 5.41) is 15.9. The van der Waals surface area contributed by atoms with E-state index in [1.807, 2.05) is 26.2 Å². The van der Waals surface area contributed by atoms with E-state index in [9.17, 15) is 9.90 Å². The summed E-state index contributed by atoms with van der Waals surface area (Å²) in [6.45, 7) is 6.02. The van der Waals surface area contributed by atoms with Gasteiger partial charge in [-0.3, -0.25) is 4.79 Å². The monoisotopic (exact) mass is 307 g/mol. The van der Waals surface area contributed by atoms with Crippen molar-refractivity contribution in [2.75, 3.05) is 6.54 Å². The van der Waals surface area contributed by atoms with Gasteiger partial charge in [-0.15, -0.1) is 11.3 Å². The number of hydrogen-bond donors (Lipinski definition) is 3. The third kappa shape index (κ3) is 3.71. The van der Waals surface area contributed by atoms with Crippen molar-refractivity contribution in [3.63, 3.8) is 0 Å². The van der Waals surface area contributed by atoms with E-state index in [2.05, 4.69) is 15.3 Å². The van der Waals surface area contributed by atoms with Crippen molar-refractivity contribution in [1.29, 1.82) is 0 Å². The Balaban J connectivity index is 2.02. The molecule has 2 aromatic rings. The molecule has 0 saturated heterocycles. The zero-order valence-corrected chi connectivity index (χ0v) is 13.4. The molecule has 2 heterocycles. The molecule has 2 rings (SSSR count). The van der Waals surface area contributed by atoms with Crippen molar-refractivity contribution in [2.24, 2.45) is 0 Å². The Morgan fingerprint density at radius 1 is 1.48 bits per heavy atom. The molecular weight excluding hydrogens is 286 g/mol. The number of aromatic nitrogens is 2. The summed E-state index contributed by atoms with van der Waals surface area (Å²) in [4.78, 5) is 19.5. The topological polar surface area (TPSA) is 78.0 Å². The van der Waals surface area contributed by atoms with Crippen molar-refractivity contribution in [3.05, 3.63) is 28.3 Å². The number of amides is 1. The summed E-state index contributed by atoms with van der Waals surface area (Å²) in [5.74, 6) is -0.214. The minimum Gasteiger partial charge on any atom is -0.388 e. The first-order chi connectivity index (χ1) is 9.97. The molecule has 0 unspecified atom stereocenters. The Kier molecular flexibility index (Phi) is 4.80. The van der Waals surface area contributed by atoms with Gasteiger partial charge < -0.3 is 15.4 Å². The van der Waals surface area contributed by atoms with Crippen molar-refractivity contribution in [1.82, 2.24) is 15.3 Å². The van der Waals surface area contributed by atoms with E-state index in [4.69, 9.17) is 0 Å². The zero-order valence-electron chi connectivity index (χ0n) is 12.6. The fourth-order valence-electron chi connectivity index (χ4n) is 2.01. The maximum Gasteiger partial charge on any atom is 0.267 e. The van der Waals surface area contributed by atoms with Crippen LogP contribution in [0.25, 0.3) is 11.3 Å². The maximum absolute atomic E-state index is 12.1. The van der Waals surface area contributed by atoms with Gasteiger partial charge in [-0.1, -0.05) is 13.8 Å². The summed E-state index contributed by atoms with van der Waals surface area (Å²) in [6.07, 6.45) is 2.99. The van der Waals surface area contributed by atoms with Crippen molar-refractivity contribution >= 4 is 17.2 Å². The lowest BCUT2D eigenvalue weighted by Crippen LogP contribution is -2.42. The van der Waals surface area contributed by atoms with Gasteiger partial charge in [-0.2, -0.15) is 0 Å². The van der Waals surface area contributed by atoms with Gasteiger partial charge in [0.05, 0.1) is 16.3 Å². The predicted octanol–water partition coefficient (Wildman–Crippen LogP) is 2.73. The van der Waals surface area contributed by atoms with Crippen LogP contribution in [-0.2, 0) is 0 Å². The number of nitrogens with zero attached hydrogens (tertiary/aromatic N) is 1. The number of aryl methyl sites for hydroxylation is 1. The van der Waals surface area contributed by atoms with E-state index in [-0.39, 0.29) is 12.5 Å². The van der Waals surface area contributed by atoms with E-state index in [1.165, 1.54) is 0 Å². The second-order valence-electron chi connectivity index (χ2n) is 5.17. The standard InChI is InChI=1S/C15H21N3O2S/c1-4-15(20,5-2)9-17-14(19)12-6-11(7-16-12)13-8-21-10(3)18-13/h6-8,16,20H,4-5,9H2,1-3H3,(H,17,19). The van der Waals surface area contributed by atoms with Gasteiger partial charge in [0.1, 0.15) is 5.69 Å². The van der Waals surface area contributed by atoms with Gasteiger partial charge >= 0.3 is 0 Å². The number of nitrogens with one attached hydrogen (secondary N) is 2. The fraction of sp³-hybridized carbons (Fsp3) is 0.467. The van der Waals surface area contributed by atoms with Crippen LogP contribution in [0.2, 0.25) is 0 Å². The van der Waals surface area contributed by atoms with E-state index in [0.29, 0.717) is 18.5 Å². The van der Waals surface area contributed by atoms with Crippen LogP contribution in [0.15, 0.2) is 17.6 Å². The van der Waals surface area contributed by atoms with E-state index in [1.54, 1.807) is 23.6 Å². The Morgan fingerprint density at radius 3 is 2.76 bits per heavy atom. The lowest BCUT2D eigenvalue weighted by atomic mass is 9.97. The molecule has 0 atom stereocenters. The van der Waals surface area contributed by atoms with Crippen LogP contribution in [0.5, 0.6) is 0 Å². The first-order valence-corrected chi connectivity index (χ1v) is 7.97. The molecule has 5 nitrogen and oxygen atoms in total. The molecule has 21 heavy (non-hydrogen) atoms. The second kappa shape index (κ2) is 6.41. The molecule has 0 aliphatic carbocycles. The van der Waals surface area contributed by atoms with Crippen molar-refractivity contribution in [3.8, 4) is 11.3 Å². The Hall–Kier alpha value is -1.66. The lowest BCUT2D eigenvalue weighted by Gasteiger charge is -2.25. The number of rotatable bonds is 6. The summed E-state index contributed by atoms with van der Waals surface area (Å²) >= 11 is 1.58. The molecule has 0 aliphatic rings. The third-order valence-corrected chi connectivity index (χ3v) is 4.51. The van der Waals surface area contributed by atoms with Gasteiger partial charge in [-0.25, -0.2) is 4.98 Å². The Labute approximate surface area is 128 Å². The van der Waals surface area contributed by atoms with Crippen molar-refractivity contribution < 1.29 is 9.90 Å². The minimum absolute atomic E-state index is 0.214. The van der Waals surface area contributed by atoms with E-state index in [0.717, 1.165) is 16.3 Å². The van der Waals surface area contributed by atoms with Gasteiger partial charge in [0.15, 0.2) is 0 Å². The number of thiazole rings is 1. The van der Waals surface area contributed by atoms with Crippen LogP contribution in [0.4, 0.5) is 0 Å². The van der Waals surface area contributed by atoms with Crippen LogP contribution in [-0.4, -0.2) is 33.1 Å². The maximum atomic E-state index is 12.1. The first-order valence-electron chi connectivity index (χ1n) is 7.09. The minimum atomic E-state index is -0.836. The highest BCUT2D eigenvalue weighted by atomic mass is 32.1. The molecule has 114 valence electrons. The average molecular weight is 307 g/mol. The highest BCUT2D eigenvalue weighted by Gasteiger charge is 2.23. The number of aliphatic hydroxyl groups is 1. The molecule has 3 N–H and O–H groups in total. The highest BCUT2D eigenvalue weighted by molar-refractivity contribution is 7.09. The SMILES string of the molecule is CCC(O)(CC)CNC(=O)c1cc(-c2csc(C)n2)c[nH]1. The number of carbonyl (C=O) groups is 1. The summed E-state index contributed by atoms with van der Waals surface area (Å²) in [5.41, 5.74) is 1.40. The quantitative estimate of drug-likeness (QED) is 0.768. The Morgan fingerprint density at radius 2 is 2.19 bits per heavy atom. The average Bonchev–Trinajstić information content (AvgIpc) is 3.13. The van der Waals surface area contributed by atoms with Gasteiger partial charge in [0.2, 0.25) is 0 Å². The lowest BCUT2D eigenvalue weighted by molar-refractivity contribution is 0.0313. The summed E-state index contributed by atoms with van der Waals surface area (Å²) < 4.78 is 0. The molecule has 0 saturated carbocycles. The summed E-state index contributed by atoms with van der Waals surface area (Å²) in [7, 11) is 0. The molecule has 0 fully saturated rings. The van der Waals surface area contributed by atoms with Crippen LogP contribution in [0, 0.1) is 6.92 Å². The molecule has 0 radical (unpaired) electrons. The molecule has 0 spiro atoms. The highest BCUT2D eigenvalue weighted by Crippen LogP contribution is 2.22. The fourth-order valence-corrected chi connectivity index (χ4v) is 2.63. The van der Waals surface area contributed by atoms with Crippen LogP contribution in [0.1, 0.15) is 42.2 Å². The molecular formula is C15H21N3O2S. The largest absolute Gasteiger partial charge is 0.388 e. The molecule has 0 bridgehead atoms. The molecule has 2 aromatic heterocycles. The van der Waals surface area contributed by atoms with Crippen molar-refractivity contribution in [2.45, 2.75) is 39.2 Å². The van der Waals surface area contributed by atoms with E-state index < -0.39 is 5.60 Å². The van der Waals surface area contributed by atoms with Gasteiger partial charge in [0.25, 0.3) is 5.91 Å². The number of aromatic amines is 1. The predicted molar refractivity (Wildman–Crippen MR) is 84.5 cm³/mol. The molecule has 0 aromatic carbocycles. The third-order valence-electron chi connectivity index (χ3n) is 3.74. The Bertz CT molecular complexity index is 614. The normalized spacial score (nSPS) is 11.6. The summed E-state index contributed by atoms with van der Waals surface area (Å²) in [6, 6.07) is 1.78. The smallest absolute Gasteiger partial charge is 0.267 e. The second-order valence-corrected chi connectivity index (χ2v) is 6.23. The number of H-pyrrole nitrogens is 1. The van der Waals surface area contributed by atoms with Crippen LogP contribution < -0.4 is 5.32 Å². The molecule has 1 amide bonds. The number of hydrogen-bond acceptors (Lipinski definition) is 4. The number of carbonyl (C=O) groups excluding carboxylic acids is 1. The van der Waals surface area contributed by atoms with Gasteiger partial charge in [-0.05, 0) is 25.8 Å².